The lowest BCUT2D eigenvalue weighted by atomic mass is 10.1. The van der Waals surface area contributed by atoms with E-state index in [4.69, 9.17) is 21.4 Å². The highest BCUT2D eigenvalue weighted by Crippen LogP contribution is 2.18. The summed E-state index contributed by atoms with van der Waals surface area (Å²) in [7, 11) is 0. The smallest absolute Gasteiger partial charge is 0.350 e. The van der Waals surface area contributed by atoms with E-state index in [-0.39, 0.29) is 17.2 Å². The van der Waals surface area contributed by atoms with Crippen LogP contribution in [0.15, 0.2) is 10.6 Å². The van der Waals surface area contributed by atoms with Crippen molar-refractivity contribution in [1.29, 1.82) is 0 Å². The third kappa shape index (κ3) is 7.88. The van der Waals surface area contributed by atoms with Crippen molar-refractivity contribution in [1.82, 2.24) is 0 Å². The molecule has 1 N–H and O–H groups in total. The Hall–Kier alpha value is -1.03. The molecule has 0 amide bonds. The van der Waals surface area contributed by atoms with Gasteiger partial charge in [0.05, 0.1) is 12.2 Å². The number of carbonyl (C=O) groups is 2. The number of aliphatic carboxylic acids is 1. The van der Waals surface area contributed by atoms with Gasteiger partial charge < -0.3 is 9.84 Å². The molecule has 0 fully saturated rings. The fourth-order valence-electron chi connectivity index (χ4n) is 1.57. The minimum atomic E-state index is -1.15. The van der Waals surface area contributed by atoms with Gasteiger partial charge in [0.25, 0.3) is 0 Å². The van der Waals surface area contributed by atoms with E-state index in [1.54, 1.807) is 0 Å². The topological polar surface area (TPSA) is 63.6 Å². The van der Waals surface area contributed by atoms with Crippen LogP contribution in [-0.2, 0) is 14.3 Å². The summed E-state index contributed by atoms with van der Waals surface area (Å²) in [6.45, 7) is 4.35. The van der Waals surface area contributed by atoms with Gasteiger partial charge in [0.1, 0.15) is 5.03 Å². The molecule has 0 aromatic rings. The zero-order valence-corrected chi connectivity index (χ0v) is 12.5. The predicted octanol–water partition coefficient (Wildman–Crippen LogP) is 3.88. The molecule has 0 aliphatic rings. The molecule has 19 heavy (non-hydrogen) atoms. The summed E-state index contributed by atoms with van der Waals surface area (Å²) in [6.07, 6.45) is 5.65. The third-order valence-electron chi connectivity index (χ3n) is 2.71. The molecule has 0 radical (unpaired) electrons. The van der Waals surface area contributed by atoms with Gasteiger partial charge in [-0.1, -0.05) is 51.1 Å². The van der Waals surface area contributed by atoms with Crippen LogP contribution < -0.4 is 0 Å². The van der Waals surface area contributed by atoms with Crippen molar-refractivity contribution < 1.29 is 19.4 Å². The highest BCUT2D eigenvalue weighted by Gasteiger charge is 2.19. The summed E-state index contributed by atoms with van der Waals surface area (Å²) in [4.78, 5) is 22.7. The van der Waals surface area contributed by atoms with Crippen LogP contribution in [0.25, 0.3) is 0 Å². The van der Waals surface area contributed by atoms with E-state index in [9.17, 15) is 9.59 Å². The van der Waals surface area contributed by atoms with Crippen LogP contribution in [0.1, 0.15) is 58.8 Å². The van der Waals surface area contributed by atoms with Crippen molar-refractivity contribution in [3.63, 3.8) is 0 Å². The molecule has 4 nitrogen and oxygen atoms in total. The first-order valence-corrected chi connectivity index (χ1v) is 7.21. The molecule has 0 atom stereocenters. The van der Waals surface area contributed by atoms with Gasteiger partial charge >= 0.3 is 11.9 Å². The molecule has 0 unspecified atom stereocenters. The number of carboxylic acids is 1. The summed E-state index contributed by atoms with van der Waals surface area (Å²) in [5, 5.41) is 8.76. The fourth-order valence-corrected chi connectivity index (χ4v) is 1.80. The molecule has 0 rings (SSSR count). The summed E-state index contributed by atoms with van der Waals surface area (Å²) < 4.78 is 4.95. The van der Waals surface area contributed by atoms with Gasteiger partial charge in [0.2, 0.25) is 0 Å². The van der Waals surface area contributed by atoms with Crippen LogP contribution in [0.3, 0.4) is 0 Å². The van der Waals surface area contributed by atoms with Gasteiger partial charge in [0.15, 0.2) is 0 Å². The molecule has 0 saturated heterocycles. The lowest BCUT2D eigenvalue weighted by Crippen LogP contribution is -2.12. The molecule has 0 aliphatic heterocycles. The maximum absolute atomic E-state index is 11.6. The quantitative estimate of drug-likeness (QED) is 0.377. The number of carboxylic acid groups (broad SMARTS) is 1. The first-order valence-electron chi connectivity index (χ1n) is 6.83. The lowest BCUT2D eigenvalue weighted by molar-refractivity contribution is -0.139. The number of hydrogen-bond acceptors (Lipinski definition) is 3. The largest absolute Gasteiger partial charge is 0.478 e. The van der Waals surface area contributed by atoms with E-state index >= 15 is 0 Å². The van der Waals surface area contributed by atoms with E-state index in [1.165, 1.54) is 0 Å². The number of hydrogen-bond donors (Lipinski definition) is 1. The van der Waals surface area contributed by atoms with E-state index < -0.39 is 11.9 Å². The summed E-state index contributed by atoms with van der Waals surface area (Å²) in [6, 6.07) is 0. The SMILES string of the molecule is CCCCCOC(=O)C(Cl)=C(CCCCC)C(=O)O. The third-order valence-corrected chi connectivity index (χ3v) is 3.10. The van der Waals surface area contributed by atoms with E-state index in [2.05, 4.69) is 0 Å². The van der Waals surface area contributed by atoms with Gasteiger partial charge in [-0.15, -0.1) is 0 Å². The van der Waals surface area contributed by atoms with Crippen molar-refractivity contribution >= 4 is 23.5 Å². The molecule has 0 heterocycles. The van der Waals surface area contributed by atoms with Crippen molar-refractivity contribution in [2.75, 3.05) is 6.61 Å². The van der Waals surface area contributed by atoms with Crippen molar-refractivity contribution in [3.05, 3.63) is 10.6 Å². The molecule has 0 aromatic carbocycles. The number of halogens is 1. The minimum absolute atomic E-state index is 0.0457. The first kappa shape index (κ1) is 18.0. The van der Waals surface area contributed by atoms with Gasteiger partial charge in [0, 0.05) is 0 Å². The monoisotopic (exact) mass is 290 g/mol. The van der Waals surface area contributed by atoms with Crippen molar-refractivity contribution in [2.45, 2.75) is 58.8 Å². The fraction of sp³-hybridized carbons (Fsp3) is 0.714. The molecule has 0 spiro atoms. The maximum Gasteiger partial charge on any atom is 0.350 e. The van der Waals surface area contributed by atoms with Crippen LogP contribution in [0.4, 0.5) is 0 Å². The van der Waals surface area contributed by atoms with Gasteiger partial charge in [-0.2, -0.15) is 0 Å². The minimum Gasteiger partial charge on any atom is -0.478 e. The van der Waals surface area contributed by atoms with Crippen LogP contribution in [0, 0.1) is 0 Å². The average molecular weight is 291 g/mol. The summed E-state index contributed by atoms with van der Waals surface area (Å²) in [5.74, 6) is -1.88. The van der Waals surface area contributed by atoms with Crippen molar-refractivity contribution in [3.8, 4) is 0 Å². The zero-order chi connectivity index (χ0) is 14.7. The highest BCUT2D eigenvalue weighted by atomic mass is 35.5. The standard InChI is InChI=1S/C14H23ClO4/c1-3-5-7-9-11(13(16)17)12(15)14(18)19-10-8-6-4-2/h3-10H2,1-2H3,(H,16,17). The highest BCUT2D eigenvalue weighted by molar-refractivity contribution is 6.43. The Balaban J connectivity index is 4.45. The number of unbranched alkanes of at least 4 members (excludes halogenated alkanes) is 4. The van der Waals surface area contributed by atoms with Gasteiger partial charge in [-0.3, -0.25) is 0 Å². The van der Waals surface area contributed by atoms with Gasteiger partial charge in [-0.25, -0.2) is 9.59 Å². The first-order chi connectivity index (χ1) is 9.04. The molecule has 5 heteroatoms. The Bertz CT molecular complexity index is 323. The maximum atomic E-state index is 11.6. The molecular formula is C14H23ClO4. The van der Waals surface area contributed by atoms with E-state index in [0.29, 0.717) is 12.8 Å². The van der Waals surface area contributed by atoms with Crippen LogP contribution in [0.2, 0.25) is 0 Å². The number of rotatable bonds is 10. The Labute approximate surface area is 119 Å². The summed E-state index contributed by atoms with van der Waals surface area (Å²) in [5.41, 5.74) is -0.0457. The molecule has 110 valence electrons. The molecule has 0 bridgehead atoms. The van der Waals surface area contributed by atoms with Crippen LogP contribution >= 0.6 is 11.6 Å². The second-order valence-corrected chi connectivity index (χ2v) is 4.78. The number of carbonyl (C=O) groups excluding carboxylic acids is 1. The summed E-state index contributed by atoms with van der Waals surface area (Å²) >= 11 is 5.81. The van der Waals surface area contributed by atoms with Crippen LogP contribution in [-0.4, -0.2) is 23.7 Å². The second-order valence-electron chi connectivity index (χ2n) is 4.40. The Morgan fingerprint density at radius 2 is 1.63 bits per heavy atom. The lowest BCUT2D eigenvalue weighted by Gasteiger charge is -2.07. The molecule has 0 aliphatic carbocycles. The Morgan fingerprint density at radius 3 is 2.16 bits per heavy atom. The zero-order valence-electron chi connectivity index (χ0n) is 11.7. The van der Waals surface area contributed by atoms with Crippen LogP contribution in [0.5, 0.6) is 0 Å². The Morgan fingerprint density at radius 1 is 1.05 bits per heavy atom. The van der Waals surface area contributed by atoms with Crippen molar-refractivity contribution in [2.24, 2.45) is 0 Å². The Kier molecular flexibility index (Phi) is 10.3. The van der Waals surface area contributed by atoms with Gasteiger partial charge in [-0.05, 0) is 19.3 Å². The molecule has 0 saturated carbocycles. The predicted molar refractivity (Wildman–Crippen MR) is 75.1 cm³/mol. The van der Waals surface area contributed by atoms with E-state index in [0.717, 1.165) is 32.1 Å². The van der Waals surface area contributed by atoms with E-state index in [1.807, 2.05) is 13.8 Å². The molecular weight excluding hydrogens is 268 g/mol. The number of ether oxygens (including phenoxy) is 1. The average Bonchev–Trinajstić information content (AvgIpc) is 2.38. The number of esters is 1. The molecule has 0 aromatic heterocycles. The normalized spacial score (nSPS) is 11.9. The second kappa shape index (κ2) is 10.9.